The van der Waals surface area contributed by atoms with E-state index in [0.29, 0.717) is 12.5 Å². The van der Waals surface area contributed by atoms with Crippen LogP contribution in [0.4, 0.5) is 0 Å². The van der Waals surface area contributed by atoms with Gasteiger partial charge in [0.1, 0.15) is 0 Å². The highest BCUT2D eigenvalue weighted by Gasteiger charge is 2.12. The molecule has 0 heterocycles. The summed E-state index contributed by atoms with van der Waals surface area (Å²) in [6, 6.07) is 8.78. The van der Waals surface area contributed by atoms with E-state index in [1.54, 1.807) is 11.8 Å². The molecule has 1 atom stereocenters. The Bertz CT molecular complexity index is 395. The summed E-state index contributed by atoms with van der Waals surface area (Å²) in [6.07, 6.45) is 1.51. The van der Waals surface area contributed by atoms with E-state index in [-0.39, 0.29) is 5.97 Å². The Balaban J connectivity index is 2.69. The molecule has 0 aliphatic heterocycles. The average molecular weight is 281 g/mol. The van der Waals surface area contributed by atoms with Crippen LogP contribution in [0.2, 0.25) is 0 Å². The van der Waals surface area contributed by atoms with Crippen LogP contribution in [0.15, 0.2) is 29.2 Å². The molecule has 1 N–H and O–H groups in total. The van der Waals surface area contributed by atoms with Gasteiger partial charge in [0.05, 0.1) is 13.5 Å². The van der Waals surface area contributed by atoms with Crippen LogP contribution in [0.3, 0.4) is 0 Å². The van der Waals surface area contributed by atoms with E-state index in [1.165, 1.54) is 17.6 Å². The van der Waals surface area contributed by atoms with E-state index in [0.717, 1.165) is 18.7 Å². The van der Waals surface area contributed by atoms with Crippen LogP contribution < -0.4 is 5.32 Å². The lowest BCUT2D eigenvalue weighted by atomic mass is 10.0. The number of esters is 1. The first-order valence-corrected chi connectivity index (χ1v) is 7.73. The fourth-order valence-electron chi connectivity index (χ4n) is 1.97. The molecule has 0 aliphatic carbocycles. The minimum atomic E-state index is -0.149. The lowest BCUT2D eigenvalue weighted by molar-refractivity contribution is -0.140. The van der Waals surface area contributed by atoms with Gasteiger partial charge in [0, 0.05) is 16.7 Å². The fourth-order valence-corrected chi connectivity index (χ4v) is 3.01. The maximum atomic E-state index is 11.1. The van der Waals surface area contributed by atoms with Crippen molar-refractivity contribution in [2.75, 3.05) is 19.4 Å². The minimum absolute atomic E-state index is 0.149. The third-order valence-electron chi connectivity index (χ3n) is 2.94. The van der Waals surface area contributed by atoms with Crippen molar-refractivity contribution in [1.29, 1.82) is 0 Å². The molecule has 1 aromatic rings. The summed E-state index contributed by atoms with van der Waals surface area (Å²) in [7, 11) is 1.43. The Hall–Kier alpha value is -1.00. The lowest BCUT2D eigenvalue weighted by Crippen LogP contribution is -2.20. The lowest BCUT2D eigenvalue weighted by Gasteiger charge is -2.19. The second kappa shape index (κ2) is 8.99. The zero-order valence-corrected chi connectivity index (χ0v) is 12.8. The molecule has 0 fully saturated rings. The Morgan fingerprint density at radius 3 is 2.74 bits per heavy atom. The molecule has 106 valence electrons. The van der Waals surface area contributed by atoms with Crippen LogP contribution in [0.5, 0.6) is 0 Å². The number of hydrogen-bond donors (Lipinski definition) is 1. The van der Waals surface area contributed by atoms with E-state index < -0.39 is 0 Å². The molecular weight excluding hydrogens is 258 g/mol. The number of nitrogens with one attached hydrogen (secondary N) is 1. The molecule has 0 radical (unpaired) electrons. The first-order valence-electron chi connectivity index (χ1n) is 6.74. The van der Waals surface area contributed by atoms with Crippen molar-refractivity contribution in [2.24, 2.45) is 0 Å². The molecular formula is C15H23NO2S. The molecule has 0 saturated carbocycles. The summed E-state index contributed by atoms with van der Waals surface area (Å²) in [6.45, 7) is 5.26. The largest absolute Gasteiger partial charge is 0.469 e. The van der Waals surface area contributed by atoms with Gasteiger partial charge in [0.15, 0.2) is 0 Å². The van der Waals surface area contributed by atoms with Crippen molar-refractivity contribution in [2.45, 2.75) is 37.6 Å². The summed E-state index contributed by atoms with van der Waals surface area (Å²) in [5.74, 6) is 0.607. The van der Waals surface area contributed by atoms with Crippen LogP contribution in [0.25, 0.3) is 0 Å². The smallest absolute Gasteiger partial charge is 0.306 e. The summed E-state index contributed by atoms with van der Waals surface area (Å²) in [5.41, 5.74) is 1.32. The van der Waals surface area contributed by atoms with Gasteiger partial charge in [-0.25, -0.2) is 0 Å². The Morgan fingerprint density at radius 2 is 2.11 bits per heavy atom. The molecule has 0 aromatic heterocycles. The van der Waals surface area contributed by atoms with Crippen LogP contribution >= 0.6 is 11.8 Å². The van der Waals surface area contributed by atoms with E-state index in [1.807, 2.05) is 6.07 Å². The van der Waals surface area contributed by atoms with E-state index in [2.05, 4.69) is 42.1 Å². The van der Waals surface area contributed by atoms with Crippen LogP contribution in [0, 0.1) is 0 Å². The molecule has 0 spiro atoms. The van der Waals surface area contributed by atoms with Gasteiger partial charge < -0.3 is 10.1 Å². The van der Waals surface area contributed by atoms with Crippen LogP contribution in [-0.2, 0) is 9.53 Å². The number of methoxy groups -OCH3 is 1. The Kier molecular flexibility index (Phi) is 7.60. The van der Waals surface area contributed by atoms with E-state index in [4.69, 9.17) is 0 Å². The van der Waals surface area contributed by atoms with Crippen molar-refractivity contribution < 1.29 is 9.53 Å². The number of carbonyl (C=O) groups is 1. The molecule has 1 rings (SSSR count). The van der Waals surface area contributed by atoms with Gasteiger partial charge in [-0.2, -0.15) is 0 Å². The second-order valence-corrected chi connectivity index (χ2v) is 5.37. The van der Waals surface area contributed by atoms with Gasteiger partial charge in [0.25, 0.3) is 0 Å². The Labute approximate surface area is 120 Å². The second-order valence-electron chi connectivity index (χ2n) is 4.23. The summed E-state index contributed by atoms with van der Waals surface area (Å²) in [5, 5.41) is 3.49. The molecule has 1 unspecified atom stereocenters. The quantitative estimate of drug-likeness (QED) is 0.585. The highest BCUT2D eigenvalue weighted by Crippen LogP contribution is 2.29. The summed E-state index contributed by atoms with van der Waals surface area (Å²) >= 11 is 1.72. The number of ether oxygens (including phenoxy) is 1. The van der Waals surface area contributed by atoms with Crippen molar-refractivity contribution >= 4 is 17.7 Å². The molecule has 4 heteroatoms. The Morgan fingerprint density at radius 1 is 1.37 bits per heavy atom. The van der Waals surface area contributed by atoms with Crippen molar-refractivity contribution in [3.8, 4) is 0 Å². The summed E-state index contributed by atoms with van der Waals surface area (Å²) in [4.78, 5) is 12.4. The van der Waals surface area contributed by atoms with Crippen LogP contribution in [-0.4, -0.2) is 25.4 Å². The van der Waals surface area contributed by atoms with Gasteiger partial charge in [-0.3, -0.25) is 4.79 Å². The van der Waals surface area contributed by atoms with E-state index >= 15 is 0 Å². The maximum absolute atomic E-state index is 11.1. The van der Waals surface area contributed by atoms with Crippen molar-refractivity contribution in [3.05, 3.63) is 29.8 Å². The topological polar surface area (TPSA) is 38.3 Å². The maximum Gasteiger partial charge on any atom is 0.306 e. The predicted molar refractivity (Wildman–Crippen MR) is 80.5 cm³/mol. The predicted octanol–water partition coefficient (Wildman–Crippen LogP) is 3.40. The van der Waals surface area contributed by atoms with Gasteiger partial charge in [0.2, 0.25) is 0 Å². The van der Waals surface area contributed by atoms with Gasteiger partial charge in [-0.15, -0.1) is 11.8 Å². The monoisotopic (exact) mass is 281 g/mol. The molecule has 0 amide bonds. The summed E-state index contributed by atoms with van der Waals surface area (Å²) < 4.78 is 4.66. The average Bonchev–Trinajstić information content (AvgIpc) is 2.45. The zero-order valence-electron chi connectivity index (χ0n) is 11.9. The van der Waals surface area contributed by atoms with Gasteiger partial charge in [-0.1, -0.05) is 32.0 Å². The highest BCUT2D eigenvalue weighted by atomic mass is 32.2. The van der Waals surface area contributed by atoms with Gasteiger partial charge >= 0.3 is 5.97 Å². The van der Waals surface area contributed by atoms with Crippen molar-refractivity contribution in [1.82, 2.24) is 5.32 Å². The first-order chi connectivity index (χ1) is 9.22. The number of thioether (sulfide) groups is 1. The molecule has 1 aromatic carbocycles. The fraction of sp³-hybridized carbons (Fsp3) is 0.533. The third-order valence-corrected chi connectivity index (χ3v) is 4.04. The van der Waals surface area contributed by atoms with Crippen LogP contribution in [0.1, 0.15) is 38.3 Å². The normalized spacial score (nSPS) is 12.2. The third kappa shape index (κ3) is 5.25. The number of benzene rings is 1. The number of carbonyl (C=O) groups excluding carboxylic acids is 1. The van der Waals surface area contributed by atoms with E-state index in [9.17, 15) is 4.79 Å². The standard InChI is InChI=1S/C15H23NO2S/c1-4-13(16-5-2)12-8-6-7-9-14(12)19-11-10-15(17)18-3/h6-9,13,16H,4-5,10-11H2,1-3H3. The van der Waals surface area contributed by atoms with Gasteiger partial charge in [-0.05, 0) is 24.6 Å². The zero-order chi connectivity index (χ0) is 14.1. The number of rotatable bonds is 8. The van der Waals surface area contributed by atoms with Crippen molar-refractivity contribution in [3.63, 3.8) is 0 Å². The molecule has 19 heavy (non-hydrogen) atoms. The number of hydrogen-bond acceptors (Lipinski definition) is 4. The molecule has 3 nitrogen and oxygen atoms in total. The minimum Gasteiger partial charge on any atom is -0.469 e. The molecule has 0 bridgehead atoms. The SMILES string of the molecule is CCNC(CC)c1ccccc1SCCC(=O)OC. The highest BCUT2D eigenvalue weighted by molar-refractivity contribution is 7.99. The molecule has 0 saturated heterocycles. The first kappa shape index (κ1) is 16.1. The molecule has 0 aliphatic rings.